The van der Waals surface area contributed by atoms with Gasteiger partial charge in [-0.05, 0) is 6.07 Å². The molecule has 2 saturated heterocycles. The fourth-order valence-electron chi connectivity index (χ4n) is 3.63. The van der Waals surface area contributed by atoms with E-state index in [4.69, 9.17) is 18.9 Å². The third-order valence-corrected chi connectivity index (χ3v) is 5.11. The molecule has 1 atom stereocenters. The van der Waals surface area contributed by atoms with E-state index in [2.05, 4.69) is 10.7 Å². The largest absolute Gasteiger partial charge is 0.497 e. The van der Waals surface area contributed by atoms with E-state index in [0.29, 0.717) is 55.1 Å². The van der Waals surface area contributed by atoms with E-state index >= 15 is 0 Å². The van der Waals surface area contributed by atoms with Gasteiger partial charge in [0.15, 0.2) is 6.23 Å². The third-order valence-electron chi connectivity index (χ3n) is 5.11. The first kappa shape index (κ1) is 16.9. The van der Waals surface area contributed by atoms with Crippen LogP contribution in [0.3, 0.4) is 0 Å². The summed E-state index contributed by atoms with van der Waals surface area (Å²) in [6, 6.07) is 3.43. The van der Waals surface area contributed by atoms with E-state index in [1.165, 1.54) is 7.11 Å². The average molecular weight is 363 g/mol. The SMILES string of the molecule is COc1cc(OC)c2c(c1)C(NN1CCC3(CC1)CNC(=O)O3)OC2=O. The predicted molar refractivity (Wildman–Crippen MR) is 88.9 cm³/mol. The van der Waals surface area contributed by atoms with Gasteiger partial charge in [0.1, 0.15) is 22.7 Å². The number of hydrogen-bond acceptors (Lipinski definition) is 8. The summed E-state index contributed by atoms with van der Waals surface area (Å²) in [5, 5.41) is 4.70. The molecule has 1 amide bonds. The Morgan fingerprint density at radius 3 is 2.62 bits per heavy atom. The zero-order chi connectivity index (χ0) is 18.3. The van der Waals surface area contributed by atoms with E-state index in [1.807, 2.05) is 5.01 Å². The van der Waals surface area contributed by atoms with Crippen LogP contribution in [0.25, 0.3) is 0 Å². The van der Waals surface area contributed by atoms with Crippen LogP contribution < -0.4 is 20.2 Å². The number of hydrazine groups is 1. The van der Waals surface area contributed by atoms with Crippen LogP contribution in [-0.2, 0) is 9.47 Å². The number of piperidine rings is 1. The smallest absolute Gasteiger partial charge is 0.407 e. The summed E-state index contributed by atoms with van der Waals surface area (Å²) >= 11 is 0. The van der Waals surface area contributed by atoms with Gasteiger partial charge >= 0.3 is 12.1 Å². The highest BCUT2D eigenvalue weighted by Crippen LogP contribution is 2.39. The molecular weight excluding hydrogens is 342 g/mol. The van der Waals surface area contributed by atoms with Gasteiger partial charge in [0, 0.05) is 37.6 Å². The maximum atomic E-state index is 12.3. The molecule has 0 radical (unpaired) electrons. The van der Waals surface area contributed by atoms with Crippen LogP contribution in [0.5, 0.6) is 11.5 Å². The summed E-state index contributed by atoms with van der Waals surface area (Å²) in [7, 11) is 3.06. The Morgan fingerprint density at radius 1 is 1.23 bits per heavy atom. The summed E-state index contributed by atoms with van der Waals surface area (Å²) < 4.78 is 21.5. The van der Waals surface area contributed by atoms with E-state index < -0.39 is 17.8 Å². The molecule has 1 unspecified atom stereocenters. The Kier molecular flexibility index (Phi) is 4.12. The lowest BCUT2D eigenvalue weighted by Gasteiger charge is -2.38. The van der Waals surface area contributed by atoms with Crippen LogP contribution >= 0.6 is 0 Å². The highest BCUT2D eigenvalue weighted by molar-refractivity contribution is 5.97. The predicted octanol–water partition coefficient (Wildman–Crippen LogP) is 0.952. The van der Waals surface area contributed by atoms with Gasteiger partial charge in [-0.1, -0.05) is 0 Å². The second kappa shape index (κ2) is 6.33. The van der Waals surface area contributed by atoms with Gasteiger partial charge < -0.3 is 24.3 Å². The van der Waals surface area contributed by atoms with Crippen LogP contribution in [0.15, 0.2) is 12.1 Å². The number of hydrogen-bond donors (Lipinski definition) is 2. The number of carbonyl (C=O) groups excluding carboxylic acids is 2. The molecule has 2 N–H and O–H groups in total. The molecule has 140 valence electrons. The molecule has 1 aromatic carbocycles. The molecule has 0 saturated carbocycles. The number of benzene rings is 1. The minimum Gasteiger partial charge on any atom is -0.497 e. The second-order valence-electron chi connectivity index (χ2n) is 6.62. The van der Waals surface area contributed by atoms with Crippen LogP contribution in [0.2, 0.25) is 0 Å². The van der Waals surface area contributed by atoms with E-state index in [1.54, 1.807) is 19.2 Å². The van der Waals surface area contributed by atoms with E-state index in [9.17, 15) is 9.59 Å². The summed E-state index contributed by atoms with van der Waals surface area (Å²) in [6.07, 6.45) is 0.436. The zero-order valence-corrected chi connectivity index (χ0v) is 14.7. The average Bonchev–Trinajstić information content (AvgIpc) is 3.16. The number of nitrogens with zero attached hydrogens (tertiary/aromatic N) is 1. The number of carbonyl (C=O) groups is 2. The number of nitrogens with one attached hydrogen (secondary N) is 2. The zero-order valence-electron chi connectivity index (χ0n) is 14.7. The number of alkyl carbamates (subject to hydrolysis) is 1. The van der Waals surface area contributed by atoms with Crippen molar-refractivity contribution in [3.05, 3.63) is 23.3 Å². The first-order valence-electron chi connectivity index (χ1n) is 8.48. The van der Waals surface area contributed by atoms with Crippen molar-refractivity contribution in [3.63, 3.8) is 0 Å². The van der Waals surface area contributed by atoms with Crippen molar-refractivity contribution in [2.45, 2.75) is 24.7 Å². The molecule has 4 rings (SSSR count). The lowest BCUT2D eigenvalue weighted by atomic mass is 9.92. The van der Waals surface area contributed by atoms with Crippen molar-refractivity contribution in [1.82, 2.24) is 15.8 Å². The maximum absolute atomic E-state index is 12.3. The molecular formula is C17H21N3O6. The van der Waals surface area contributed by atoms with Crippen molar-refractivity contribution in [1.29, 1.82) is 0 Å². The van der Waals surface area contributed by atoms with E-state index in [0.717, 1.165) is 0 Å². The van der Waals surface area contributed by atoms with Crippen molar-refractivity contribution in [2.75, 3.05) is 33.9 Å². The molecule has 0 bridgehead atoms. The number of esters is 1. The highest BCUT2D eigenvalue weighted by Gasteiger charge is 2.44. The first-order chi connectivity index (χ1) is 12.5. The third kappa shape index (κ3) is 2.82. The molecule has 1 spiro atoms. The number of cyclic esters (lactones) is 1. The van der Waals surface area contributed by atoms with Crippen LogP contribution in [-0.4, -0.2) is 56.5 Å². The first-order valence-corrected chi connectivity index (χ1v) is 8.48. The Bertz CT molecular complexity index is 744. The van der Waals surface area contributed by atoms with Gasteiger partial charge in [-0.3, -0.25) is 0 Å². The number of ether oxygens (including phenoxy) is 4. The van der Waals surface area contributed by atoms with Gasteiger partial charge in [-0.2, -0.15) is 0 Å². The molecule has 3 heterocycles. The molecule has 26 heavy (non-hydrogen) atoms. The van der Waals surface area contributed by atoms with Crippen molar-refractivity contribution in [2.24, 2.45) is 0 Å². The van der Waals surface area contributed by atoms with Gasteiger partial charge in [-0.15, -0.1) is 0 Å². The Labute approximate surface area is 150 Å². The fourth-order valence-corrected chi connectivity index (χ4v) is 3.63. The molecule has 0 aliphatic carbocycles. The minimum absolute atomic E-state index is 0.357. The standard InChI is InChI=1S/C17H21N3O6/c1-23-10-7-11-13(12(8-10)24-2)15(21)25-14(11)19-20-5-3-17(4-6-20)9-18-16(22)26-17/h7-8,14,19H,3-6,9H2,1-2H3,(H,18,22). The molecule has 0 aromatic heterocycles. The van der Waals surface area contributed by atoms with Crippen molar-refractivity contribution in [3.8, 4) is 11.5 Å². The molecule has 9 heteroatoms. The molecule has 3 aliphatic rings. The van der Waals surface area contributed by atoms with Gasteiger partial charge in [-0.25, -0.2) is 20.0 Å². The van der Waals surface area contributed by atoms with Crippen LogP contribution in [0, 0.1) is 0 Å². The number of rotatable bonds is 4. The van der Waals surface area contributed by atoms with Gasteiger partial charge in [0.25, 0.3) is 0 Å². The number of amides is 1. The maximum Gasteiger partial charge on any atom is 0.407 e. The number of fused-ring (bicyclic) bond motifs is 1. The summed E-state index contributed by atoms with van der Waals surface area (Å²) in [4.78, 5) is 23.6. The molecule has 1 aromatic rings. The normalized spacial score (nSPS) is 24.0. The van der Waals surface area contributed by atoms with Crippen LogP contribution in [0.4, 0.5) is 4.79 Å². The molecule has 2 fully saturated rings. The minimum atomic E-state index is -0.611. The molecule has 3 aliphatic heterocycles. The number of methoxy groups -OCH3 is 2. The summed E-state index contributed by atoms with van der Waals surface area (Å²) in [5.74, 6) is 0.585. The van der Waals surface area contributed by atoms with E-state index in [-0.39, 0.29) is 6.09 Å². The van der Waals surface area contributed by atoms with Crippen molar-refractivity contribution >= 4 is 12.1 Å². The summed E-state index contributed by atoms with van der Waals surface area (Å²) in [6.45, 7) is 1.87. The Hall–Kier alpha value is -2.52. The fraction of sp³-hybridized carbons (Fsp3) is 0.529. The van der Waals surface area contributed by atoms with Gasteiger partial charge in [0.05, 0.1) is 20.8 Å². The van der Waals surface area contributed by atoms with Gasteiger partial charge in [0.2, 0.25) is 0 Å². The second-order valence-corrected chi connectivity index (χ2v) is 6.62. The monoisotopic (exact) mass is 363 g/mol. The van der Waals surface area contributed by atoms with Crippen LogP contribution in [0.1, 0.15) is 35.0 Å². The summed E-state index contributed by atoms with van der Waals surface area (Å²) in [5.41, 5.74) is 3.91. The highest BCUT2D eigenvalue weighted by atomic mass is 16.6. The Balaban J connectivity index is 1.48. The topological polar surface area (TPSA) is 98.4 Å². The van der Waals surface area contributed by atoms with Crippen molar-refractivity contribution < 1.29 is 28.5 Å². The lowest BCUT2D eigenvalue weighted by molar-refractivity contribution is -0.0457. The Morgan fingerprint density at radius 2 is 2.00 bits per heavy atom. The quantitative estimate of drug-likeness (QED) is 0.763. The lowest BCUT2D eigenvalue weighted by Crippen LogP contribution is -2.52. The molecule has 9 nitrogen and oxygen atoms in total.